The summed E-state index contributed by atoms with van der Waals surface area (Å²) in [5.74, 6) is 0.624. The third-order valence-electron chi connectivity index (χ3n) is 9.13. The van der Waals surface area contributed by atoms with E-state index >= 15 is 8.63 Å². The molecule has 0 saturated heterocycles. The molecular formula is C40H35BF2N2O. The van der Waals surface area contributed by atoms with Crippen LogP contribution in [0, 0.1) is 13.8 Å². The summed E-state index contributed by atoms with van der Waals surface area (Å²) in [7, 11) is 1.64. The number of benzene rings is 4. The Morgan fingerprint density at radius 1 is 0.674 bits per heavy atom. The van der Waals surface area contributed by atoms with Crippen LogP contribution in [0.2, 0.25) is 0 Å². The van der Waals surface area contributed by atoms with Gasteiger partial charge in [-0.3, -0.25) is 0 Å². The lowest BCUT2D eigenvalue weighted by Crippen LogP contribution is -2.51. The Labute approximate surface area is 269 Å². The van der Waals surface area contributed by atoms with Crippen molar-refractivity contribution in [1.29, 1.82) is 0 Å². The largest absolute Gasteiger partial charge is 0.737 e. The van der Waals surface area contributed by atoms with Gasteiger partial charge in [-0.25, -0.2) is 0 Å². The molecule has 1 aromatic heterocycles. The molecule has 3 heterocycles. The highest BCUT2D eigenvalue weighted by Crippen LogP contribution is 2.47. The van der Waals surface area contributed by atoms with E-state index in [0.29, 0.717) is 28.5 Å². The Hall–Kier alpha value is -5.23. The normalized spacial score (nSPS) is 15.0. The Bertz CT molecular complexity index is 2080. The fourth-order valence-corrected chi connectivity index (χ4v) is 7.34. The molecule has 4 aromatic carbocycles. The zero-order valence-corrected chi connectivity index (χ0v) is 26.7. The second-order valence-corrected chi connectivity index (χ2v) is 12.1. The molecule has 3 nitrogen and oxygen atoms in total. The molecule has 46 heavy (non-hydrogen) atoms. The maximum atomic E-state index is 16.5. The number of fused-ring (bicyclic) bond motifs is 2. The maximum Gasteiger partial charge on any atom is 0.737 e. The summed E-state index contributed by atoms with van der Waals surface area (Å²) in [6.07, 6.45) is 1.86. The first-order valence-electron chi connectivity index (χ1n) is 15.6. The molecule has 228 valence electrons. The number of aromatic nitrogens is 1. The van der Waals surface area contributed by atoms with Gasteiger partial charge in [0.25, 0.3) is 0 Å². The number of hydrogen-bond donors (Lipinski definition) is 0. The van der Waals surface area contributed by atoms with Crippen LogP contribution in [0.4, 0.5) is 8.63 Å². The molecule has 0 unspecified atom stereocenters. The van der Waals surface area contributed by atoms with E-state index in [1.807, 2.05) is 62.4 Å². The number of aryl methyl sites for hydroxylation is 2. The summed E-state index contributed by atoms with van der Waals surface area (Å²) in [4.78, 5) is 0. The van der Waals surface area contributed by atoms with E-state index in [0.717, 1.165) is 55.7 Å². The molecule has 0 aliphatic carbocycles. The van der Waals surface area contributed by atoms with Gasteiger partial charge >= 0.3 is 6.97 Å². The zero-order chi connectivity index (χ0) is 32.2. The highest BCUT2D eigenvalue weighted by molar-refractivity contribution is 6.58. The van der Waals surface area contributed by atoms with Crippen LogP contribution < -0.4 is 4.74 Å². The topological polar surface area (TPSA) is 17.2 Å². The van der Waals surface area contributed by atoms with Crippen LogP contribution in [0.3, 0.4) is 0 Å². The van der Waals surface area contributed by atoms with E-state index in [-0.39, 0.29) is 0 Å². The lowest BCUT2D eigenvalue weighted by atomic mass is 9.81. The standard InChI is InChI=1S/C40H35BF2N2O/c1-26-23-28(3)44-39(26)38(40-27(2)24-29(4)45(40)41(44,42)43)34-25-33(21-22-35(34)46-5)37(32-19-13-8-14-20-32)36(30-15-9-6-10-16-30)31-17-11-7-12-18-31/h6-25H,1-5H3. The van der Waals surface area contributed by atoms with Crippen LogP contribution in [-0.4, -0.2) is 28.8 Å². The van der Waals surface area contributed by atoms with E-state index in [1.165, 1.54) is 8.96 Å². The number of ether oxygens (including phenoxy) is 1. The van der Waals surface area contributed by atoms with Crippen molar-refractivity contribution in [3.05, 3.63) is 177 Å². The summed E-state index contributed by atoms with van der Waals surface area (Å²) in [5, 5.41) is 0. The van der Waals surface area contributed by atoms with Gasteiger partial charge in [0.15, 0.2) is 5.70 Å². The fourth-order valence-electron chi connectivity index (χ4n) is 7.34. The van der Waals surface area contributed by atoms with Crippen molar-refractivity contribution in [3.8, 4) is 5.75 Å². The first-order valence-corrected chi connectivity index (χ1v) is 15.6. The molecule has 0 N–H and O–H groups in total. The van der Waals surface area contributed by atoms with Crippen molar-refractivity contribution < 1.29 is 17.9 Å². The van der Waals surface area contributed by atoms with Gasteiger partial charge in [0.2, 0.25) is 0 Å². The summed E-state index contributed by atoms with van der Waals surface area (Å²) >= 11 is 0. The molecular weight excluding hydrogens is 573 g/mol. The second kappa shape index (κ2) is 11.3. The van der Waals surface area contributed by atoms with Gasteiger partial charge in [-0.05, 0) is 83.6 Å². The van der Waals surface area contributed by atoms with E-state index in [9.17, 15) is 0 Å². The molecule has 6 heteroatoms. The van der Waals surface area contributed by atoms with Crippen molar-refractivity contribution in [3.63, 3.8) is 0 Å². The number of hydrogen-bond acceptors (Lipinski definition) is 1. The summed E-state index contributed by atoms with van der Waals surface area (Å²) in [6.45, 7) is 3.26. The molecule has 0 amide bonds. The summed E-state index contributed by atoms with van der Waals surface area (Å²) in [5.41, 5.74) is 11.5. The van der Waals surface area contributed by atoms with Crippen molar-refractivity contribution in [1.82, 2.24) is 4.48 Å². The third kappa shape index (κ3) is 4.59. The fraction of sp³-hybridized carbons (Fsp3) is 0.125. The number of methoxy groups -OCH3 is 1. The minimum atomic E-state index is -4.10. The van der Waals surface area contributed by atoms with Gasteiger partial charge in [-0.1, -0.05) is 97.1 Å². The Kier molecular flexibility index (Phi) is 7.24. The number of nitrogens with zero attached hydrogens (tertiary/aromatic N) is 2. The molecule has 0 saturated carbocycles. The predicted molar refractivity (Wildman–Crippen MR) is 185 cm³/mol. The van der Waals surface area contributed by atoms with Gasteiger partial charge in [-0.15, -0.1) is 0 Å². The molecule has 7 rings (SSSR count). The molecule has 5 aromatic rings. The monoisotopic (exact) mass is 608 g/mol. The van der Waals surface area contributed by atoms with Crippen LogP contribution >= 0.6 is 0 Å². The molecule has 0 spiro atoms. The van der Waals surface area contributed by atoms with Gasteiger partial charge < -0.3 is 22.3 Å². The van der Waals surface area contributed by atoms with E-state index < -0.39 is 6.97 Å². The molecule has 0 radical (unpaired) electrons. The molecule has 2 aliphatic rings. The predicted octanol–water partition coefficient (Wildman–Crippen LogP) is 9.55. The van der Waals surface area contributed by atoms with Crippen LogP contribution in [0.1, 0.15) is 58.6 Å². The minimum absolute atomic E-state index is 0.529. The minimum Gasteiger partial charge on any atom is -0.496 e. The Morgan fingerprint density at radius 2 is 1.20 bits per heavy atom. The highest BCUT2D eigenvalue weighted by atomic mass is 19.2. The second-order valence-electron chi connectivity index (χ2n) is 12.1. The van der Waals surface area contributed by atoms with Gasteiger partial charge in [0, 0.05) is 29.8 Å². The van der Waals surface area contributed by atoms with Crippen LogP contribution in [0.5, 0.6) is 5.75 Å². The Morgan fingerprint density at radius 3 is 1.72 bits per heavy atom. The van der Waals surface area contributed by atoms with Crippen molar-refractivity contribution in [2.24, 2.45) is 0 Å². The van der Waals surface area contributed by atoms with Crippen LogP contribution in [0.15, 0.2) is 133 Å². The zero-order valence-electron chi connectivity index (χ0n) is 26.7. The average Bonchev–Trinajstić information content (AvgIpc) is 3.55. The smallest absolute Gasteiger partial charge is 0.496 e. The van der Waals surface area contributed by atoms with E-state index in [1.54, 1.807) is 21.0 Å². The Balaban J connectivity index is 1.61. The number of rotatable bonds is 6. The third-order valence-corrected chi connectivity index (χ3v) is 9.13. The van der Waals surface area contributed by atoms with Crippen molar-refractivity contribution in [2.45, 2.75) is 27.7 Å². The van der Waals surface area contributed by atoms with Gasteiger partial charge in [-0.2, -0.15) is 0 Å². The first-order chi connectivity index (χ1) is 22.2. The van der Waals surface area contributed by atoms with Crippen LogP contribution in [-0.2, 0) is 0 Å². The lowest BCUT2D eigenvalue weighted by Gasteiger charge is -2.34. The maximum absolute atomic E-state index is 16.5. The van der Waals surface area contributed by atoms with E-state index in [4.69, 9.17) is 4.74 Å². The highest BCUT2D eigenvalue weighted by Gasteiger charge is 2.55. The van der Waals surface area contributed by atoms with Gasteiger partial charge in [0.05, 0.1) is 12.7 Å². The molecule has 0 bridgehead atoms. The first kappa shape index (κ1) is 29.5. The molecule has 0 fully saturated rings. The summed E-state index contributed by atoms with van der Waals surface area (Å²) in [6, 6.07) is 39.2. The van der Waals surface area contributed by atoms with Gasteiger partial charge in [0.1, 0.15) is 11.5 Å². The lowest BCUT2D eigenvalue weighted by molar-refractivity contribution is -0.363. The number of halogens is 2. The SMILES string of the molecule is COc1ccc(C(=C(c2ccccc2)c2ccccc2)c2ccccc2)cc1C1=C2C(C)=CC(C)=[N+]2[B-](F)(F)n2c(C)cc(C)c21. The van der Waals surface area contributed by atoms with Crippen molar-refractivity contribution in [2.75, 3.05) is 7.11 Å². The average molecular weight is 609 g/mol. The summed E-state index contributed by atoms with van der Waals surface area (Å²) < 4.78 is 41.4. The van der Waals surface area contributed by atoms with Crippen molar-refractivity contribution >= 4 is 29.4 Å². The quantitative estimate of drug-likeness (QED) is 0.139. The molecule has 0 atom stereocenters. The number of allylic oxidation sites excluding steroid dienone is 2. The van der Waals surface area contributed by atoms with Crippen LogP contribution in [0.25, 0.3) is 16.7 Å². The molecule has 2 aliphatic heterocycles. The van der Waals surface area contributed by atoms with E-state index in [2.05, 4.69) is 72.8 Å².